The van der Waals surface area contributed by atoms with Gasteiger partial charge in [-0.1, -0.05) is 13.8 Å². The minimum atomic E-state index is -0.388. The second-order valence-electron chi connectivity index (χ2n) is 6.56. The van der Waals surface area contributed by atoms with Crippen LogP contribution in [0.3, 0.4) is 0 Å². The molecule has 0 N–H and O–H groups in total. The van der Waals surface area contributed by atoms with Crippen LogP contribution in [0.5, 0.6) is 0 Å². The number of likely N-dealkylation sites (tertiary alicyclic amines) is 1. The molecule has 0 saturated carbocycles. The molecule has 4 nitrogen and oxygen atoms in total. The monoisotopic (exact) mass is 250 g/mol. The third-order valence-electron chi connectivity index (χ3n) is 3.35. The summed E-state index contributed by atoms with van der Waals surface area (Å²) in [6, 6.07) is 2.23. The van der Waals surface area contributed by atoms with E-state index in [1.54, 1.807) is 0 Å². The lowest BCUT2D eigenvalue weighted by molar-refractivity contribution is -0.152. The molecule has 0 spiro atoms. The number of hydrogen-bond acceptors (Lipinski definition) is 3. The molecule has 0 aliphatic carbocycles. The van der Waals surface area contributed by atoms with Crippen molar-refractivity contribution < 1.29 is 9.59 Å². The minimum absolute atomic E-state index is 0.0778. The van der Waals surface area contributed by atoms with Gasteiger partial charge in [0, 0.05) is 19.4 Å². The molecule has 1 saturated heterocycles. The molecule has 0 aromatic rings. The Hall–Kier alpha value is -1.37. The number of carbonyl (C=O) groups excluding carboxylic acids is 2. The molecule has 100 valence electrons. The molecular weight excluding hydrogens is 228 g/mol. The van der Waals surface area contributed by atoms with Crippen molar-refractivity contribution in [2.45, 2.75) is 53.4 Å². The zero-order valence-corrected chi connectivity index (χ0v) is 11.7. The fourth-order valence-corrected chi connectivity index (χ4v) is 2.20. The number of carbonyl (C=O) groups is 2. The Labute approximate surface area is 109 Å². The molecule has 1 aliphatic rings. The molecule has 1 rings (SSSR count). The first-order valence-electron chi connectivity index (χ1n) is 6.41. The molecule has 0 radical (unpaired) electrons. The van der Waals surface area contributed by atoms with Crippen LogP contribution in [0, 0.1) is 22.2 Å². The highest BCUT2D eigenvalue weighted by Crippen LogP contribution is 2.32. The Bertz CT molecular complexity index is 371. The van der Waals surface area contributed by atoms with Crippen molar-refractivity contribution in [3.05, 3.63) is 0 Å². The van der Waals surface area contributed by atoms with Gasteiger partial charge in [-0.2, -0.15) is 5.26 Å². The first kappa shape index (κ1) is 14.7. The highest BCUT2D eigenvalue weighted by molar-refractivity contribution is 5.98. The van der Waals surface area contributed by atoms with E-state index in [2.05, 4.69) is 6.07 Å². The van der Waals surface area contributed by atoms with Crippen LogP contribution < -0.4 is 0 Å². The molecule has 0 bridgehead atoms. The molecule has 0 atom stereocenters. The van der Waals surface area contributed by atoms with Gasteiger partial charge >= 0.3 is 0 Å². The van der Waals surface area contributed by atoms with Gasteiger partial charge < -0.3 is 0 Å². The Morgan fingerprint density at radius 3 is 2.22 bits per heavy atom. The number of hydrogen-bond donors (Lipinski definition) is 0. The predicted molar refractivity (Wildman–Crippen MR) is 68.4 cm³/mol. The summed E-state index contributed by atoms with van der Waals surface area (Å²) in [5.41, 5.74) is -0.599. The molecule has 4 heteroatoms. The van der Waals surface area contributed by atoms with Crippen LogP contribution in [0.2, 0.25) is 0 Å². The van der Waals surface area contributed by atoms with Crippen LogP contribution in [0.1, 0.15) is 53.4 Å². The van der Waals surface area contributed by atoms with Gasteiger partial charge in [-0.25, -0.2) is 0 Å². The van der Waals surface area contributed by atoms with Gasteiger partial charge in [0.05, 0.1) is 11.5 Å². The SMILES string of the molecule is CC(C)(C#N)CCCN1C(=O)CC(C)(C)CC1=O. The summed E-state index contributed by atoms with van der Waals surface area (Å²) in [6.45, 7) is 8.07. The summed E-state index contributed by atoms with van der Waals surface area (Å²) < 4.78 is 0. The lowest BCUT2D eigenvalue weighted by Gasteiger charge is -2.35. The van der Waals surface area contributed by atoms with E-state index in [1.807, 2.05) is 27.7 Å². The van der Waals surface area contributed by atoms with E-state index in [4.69, 9.17) is 5.26 Å². The van der Waals surface area contributed by atoms with Gasteiger partial charge in [-0.3, -0.25) is 14.5 Å². The Kier molecular flexibility index (Phi) is 4.16. The maximum Gasteiger partial charge on any atom is 0.229 e. The molecule has 0 aromatic carbocycles. The molecule has 1 fully saturated rings. The average Bonchev–Trinajstić information content (AvgIpc) is 2.20. The number of nitriles is 1. The summed E-state index contributed by atoms with van der Waals surface area (Å²) in [5.74, 6) is -0.156. The largest absolute Gasteiger partial charge is 0.283 e. The first-order valence-corrected chi connectivity index (χ1v) is 6.41. The van der Waals surface area contributed by atoms with Crippen molar-refractivity contribution >= 4 is 11.8 Å². The van der Waals surface area contributed by atoms with E-state index in [-0.39, 0.29) is 22.6 Å². The summed E-state index contributed by atoms with van der Waals surface area (Å²) in [5, 5.41) is 8.91. The van der Waals surface area contributed by atoms with Crippen molar-refractivity contribution in [1.29, 1.82) is 5.26 Å². The lowest BCUT2D eigenvalue weighted by atomic mass is 9.81. The highest BCUT2D eigenvalue weighted by atomic mass is 16.2. The fourth-order valence-electron chi connectivity index (χ4n) is 2.20. The second kappa shape index (κ2) is 5.09. The number of imide groups is 1. The van der Waals surface area contributed by atoms with E-state index in [0.717, 1.165) is 0 Å². The van der Waals surface area contributed by atoms with Gasteiger partial charge in [-0.05, 0) is 32.1 Å². The molecule has 1 heterocycles. The van der Waals surface area contributed by atoms with Crippen LogP contribution in [0.4, 0.5) is 0 Å². The summed E-state index contributed by atoms with van der Waals surface area (Å²) in [4.78, 5) is 25.1. The molecule has 0 unspecified atom stereocenters. The van der Waals surface area contributed by atoms with Gasteiger partial charge in [0.15, 0.2) is 0 Å². The number of nitrogens with zero attached hydrogens (tertiary/aromatic N) is 2. The van der Waals surface area contributed by atoms with Crippen molar-refractivity contribution in [3.8, 4) is 6.07 Å². The zero-order valence-electron chi connectivity index (χ0n) is 11.7. The standard InChI is InChI=1S/C14H22N2O2/c1-13(2,10-15)6-5-7-16-11(17)8-14(3,4)9-12(16)18/h5-9H2,1-4H3. The molecule has 1 aliphatic heterocycles. The van der Waals surface area contributed by atoms with Crippen molar-refractivity contribution in [3.63, 3.8) is 0 Å². The topological polar surface area (TPSA) is 61.2 Å². The Balaban J connectivity index is 2.51. The first-order chi connectivity index (χ1) is 8.17. The van der Waals surface area contributed by atoms with Crippen LogP contribution in [0.15, 0.2) is 0 Å². The van der Waals surface area contributed by atoms with E-state index >= 15 is 0 Å². The molecule has 2 amide bonds. The smallest absolute Gasteiger partial charge is 0.229 e. The number of amides is 2. The summed E-state index contributed by atoms with van der Waals surface area (Å²) in [7, 11) is 0. The normalized spacial score (nSPS) is 19.8. The number of rotatable bonds is 4. The average molecular weight is 250 g/mol. The Morgan fingerprint density at radius 2 is 1.78 bits per heavy atom. The summed E-state index contributed by atoms with van der Waals surface area (Å²) in [6.07, 6.45) is 2.25. The van der Waals surface area contributed by atoms with Crippen LogP contribution in [-0.4, -0.2) is 23.3 Å². The van der Waals surface area contributed by atoms with E-state index in [9.17, 15) is 9.59 Å². The van der Waals surface area contributed by atoms with Crippen molar-refractivity contribution in [1.82, 2.24) is 4.90 Å². The molecule has 0 aromatic heterocycles. The van der Waals surface area contributed by atoms with E-state index in [0.29, 0.717) is 32.2 Å². The molecular formula is C14H22N2O2. The van der Waals surface area contributed by atoms with Gasteiger partial charge in [0.1, 0.15) is 0 Å². The van der Waals surface area contributed by atoms with E-state index < -0.39 is 0 Å². The third-order valence-corrected chi connectivity index (χ3v) is 3.35. The van der Waals surface area contributed by atoms with Crippen molar-refractivity contribution in [2.24, 2.45) is 10.8 Å². The zero-order chi connectivity index (χ0) is 14.0. The minimum Gasteiger partial charge on any atom is -0.283 e. The predicted octanol–water partition coefficient (Wildman–Crippen LogP) is 2.49. The quantitative estimate of drug-likeness (QED) is 0.720. The van der Waals surface area contributed by atoms with Crippen molar-refractivity contribution in [2.75, 3.05) is 6.54 Å². The maximum absolute atomic E-state index is 11.9. The highest BCUT2D eigenvalue weighted by Gasteiger charge is 2.37. The van der Waals surface area contributed by atoms with Gasteiger partial charge in [0.2, 0.25) is 11.8 Å². The van der Waals surface area contributed by atoms with Crippen LogP contribution >= 0.6 is 0 Å². The second-order valence-corrected chi connectivity index (χ2v) is 6.56. The molecule has 18 heavy (non-hydrogen) atoms. The lowest BCUT2D eigenvalue weighted by Crippen LogP contribution is -2.46. The third kappa shape index (κ3) is 3.83. The van der Waals surface area contributed by atoms with Gasteiger partial charge in [-0.15, -0.1) is 0 Å². The van der Waals surface area contributed by atoms with Crippen LogP contribution in [0.25, 0.3) is 0 Å². The fraction of sp³-hybridized carbons (Fsp3) is 0.786. The van der Waals surface area contributed by atoms with Gasteiger partial charge in [0.25, 0.3) is 0 Å². The number of piperidine rings is 1. The summed E-state index contributed by atoms with van der Waals surface area (Å²) >= 11 is 0. The van der Waals surface area contributed by atoms with Crippen LogP contribution in [-0.2, 0) is 9.59 Å². The maximum atomic E-state index is 11.9. The Morgan fingerprint density at radius 1 is 1.28 bits per heavy atom. The van der Waals surface area contributed by atoms with E-state index in [1.165, 1.54) is 4.90 Å².